The quantitative estimate of drug-likeness (QED) is 0.848. The van der Waals surface area contributed by atoms with E-state index < -0.39 is 5.97 Å². The molecule has 0 atom stereocenters. The summed E-state index contributed by atoms with van der Waals surface area (Å²) in [5, 5.41) is 8.90. The molecule has 1 heterocycles. The minimum atomic E-state index is -1.00. The van der Waals surface area contributed by atoms with Gasteiger partial charge in [0.1, 0.15) is 5.82 Å². The molecule has 6 nitrogen and oxygen atoms in total. The lowest BCUT2D eigenvalue weighted by Crippen LogP contribution is -2.34. The van der Waals surface area contributed by atoms with E-state index in [9.17, 15) is 9.59 Å². The van der Waals surface area contributed by atoms with Crippen LogP contribution in [0.5, 0.6) is 0 Å². The summed E-state index contributed by atoms with van der Waals surface area (Å²) >= 11 is 0. The third-order valence-corrected chi connectivity index (χ3v) is 2.56. The summed E-state index contributed by atoms with van der Waals surface area (Å²) in [5.74, 6) is -0.467. The van der Waals surface area contributed by atoms with Crippen molar-refractivity contribution < 1.29 is 14.7 Å². The standard InChI is InChI=1S/C12H17N3O3/c1-8-9(12(17)18)5-6-10(13-8)15(4)7-11(16)14(2)3/h5-6H,7H2,1-4H3,(H,17,18). The Bertz CT molecular complexity index is 472. The van der Waals surface area contributed by atoms with E-state index in [2.05, 4.69) is 4.98 Å². The second-order valence-electron chi connectivity index (χ2n) is 4.25. The minimum absolute atomic E-state index is 0.0423. The molecule has 1 N–H and O–H groups in total. The predicted octanol–water partition coefficient (Wildman–Crippen LogP) is 0.613. The Morgan fingerprint density at radius 3 is 2.33 bits per heavy atom. The molecule has 0 radical (unpaired) electrons. The maximum Gasteiger partial charge on any atom is 0.337 e. The van der Waals surface area contributed by atoms with Gasteiger partial charge in [0.2, 0.25) is 5.91 Å². The first kappa shape index (κ1) is 14.0. The summed E-state index contributed by atoms with van der Waals surface area (Å²) in [7, 11) is 5.11. The number of hydrogen-bond donors (Lipinski definition) is 1. The zero-order chi connectivity index (χ0) is 13.9. The molecule has 0 unspecified atom stereocenters. The first-order chi connectivity index (χ1) is 8.32. The molecule has 0 fully saturated rings. The molecule has 1 rings (SSSR count). The third kappa shape index (κ3) is 3.19. The maximum atomic E-state index is 11.5. The van der Waals surface area contributed by atoms with Crippen LogP contribution in [0, 0.1) is 6.92 Å². The average molecular weight is 251 g/mol. The number of anilines is 1. The van der Waals surface area contributed by atoms with E-state index in [0.717, 1.165) is 0 Å². The van der Waals surface area contributed by atoms with E-state index >= 15 is 0 Å². The van der Waals surface area contributed by atoms with Crippen LogP contribution in [-0.4, -0.2) is 54.6 Å². The number of likely N-dealkylation sites (N-methyl/N-ethyl adjacent to an activating group) is 2. The number of pyridine rings is 1. The number of carbonyl (C=O) groups excluding carboxylic acids is 1. The first-order valence-corrected chi connectivity index (χ1v) is 5.45. The Balaban J connectivity index is 2.88. The van der Waals surface area contributed by atoms with Crippen LogP contribution in [0.2, 0.25) is 0 Å². The van der Waals surface area contributed by atoms with Gasteiger partial charge in [0, 0.05) is 21.1 Å². The molecule has 0 saturated carbocycles. The summed E-state index contributed by atoms with van der Waals surface area (Å²) in [5.41, 5.74) is 0.607. The highest BCUT2D eigenvalue weighted by Crippen LogP contribution is 2.13. The van der Waals surface area contributed by atoms with Crippen LogP contribution in [0.25, 0.3) is 0 Å². The molecule has 0 aromatic carbocycles. The van der Waals surface area contributed by atoms with Crippen LogP contribution in [0.3, 0.4) is 0 Å². The van der Waals surface area contributed by atoms with Crippen molar-refractivity contribution in [1.82, 2.24) is 9.88 Å². The molecular formula is C12H17N3O3. The van der Waals surface area contributed by atoms with E-state index in [1.807, 2.05) is 0 Å². The first-order valence-electron chi connectivity index (χ1n) is 5.45. The molecule has 0 bridgehead atoms. The molecule has 0 aliphatic rings. The van der Waals surface area contributed by atoms with Crippen molar-refractivity contribution in [1.29, 1.82) is 0 Å². The number of aromatic carboxylic acids is 1. The summed E-state index contributed by atoms with van der Waals surface area (Å²) < 4.78 is 0. The molecule has 1 aromatic rings. The molecule has 1 amide bonds. The molecule has 0 spiro atoms. The lowest BCUT2D eigenvalue weighted by Gasteiger charge is -2.20. The maximum absolute atomic E-state index is 11.5. The number of hydrogen-bond acceptors (Lipinski definition) is 4. The normalized spacial score (nSPS) is 10.0. The van der Waals surface area contributed by atoms with Crippen molar-refractivity contribution in [2.24, 2.45) is 0 Å². The lowest BCUT2D eigenvalue weighted by molar-refractivity contribution is -0.127. The molecule has 18 heavy (non-hydrogen) atoms. The van der Waals surface area contributed by atoms with Gasteiger partial charge in [-0.1, -0.05) is 0 Å². The van der Waals surface area contributed by atoms with Gasteiger partial charge in [-0.05, 0) is 19.1 Å². The Morgan fingerprint density at radius 2 is 1.89 bits per heavy atom. The Kier molecular flexibility index (Phi) is 4.25. The average Bonchev–Trinajstić information content (AvgIpc) is 2.27. The number of carboxylic acid groups (broad SMARTS) is 1. The Labute approximate surface area is 106 Å². The Morgan fingerprint density at radius 1 is 1.28 bits per heavy atom. The van der Waals surface area contributed by atoms with Crippen LogP contribution in [-0.2, 0) is 4.79 Å². The van der Waals surface area contributed by atoms with E-state index in [-0.39, 0.29) is 18.0 Å². The van der Waals surface area contributed by atoms with Crippen molar-refractivity contribution in [3.63, 3.8) is 0 Å². The molecule has 0 saturated heterocycles. The molecule has 0 aliphatic heterocycles. The highest BCUT2D eigenvalue weighted by atomic mass is 16.4. The third-order valence-electron chi connectivity index (χ3n) is 2.56. The summed E-state index contributed by atoms with van der Waals surface area (Å²) in [6.07, 6.45) is 0. The van der Waals surface area contributed by atoms with Gasteiger partial charge in [0.25, 0.3) is 0 Å². The fraction of sp³-hybridized carbons (Fsp3) is 0.417. The van der Waals surface area contributed by atoms with Crippen LogP contribution in [0.15, 0.2) is 12.1 Å². The molecule has 1 aromatic heterocycles. The predicted molar refractivity (Wildman–Crippen MR) is 67.9 cm³/mol. The largest absolute Gasteiger partial charge is 0.478 e. The van der Waals surface area contributed by atoms with E-state index in [0.29, 0.717) is 11.5 Å². The van der Waals surface area contributed by atoms with Gasteiger partial charge in [0.15, 0.2) is 0 Å². The van der Waals surface area contributed by atoms with Crippen LogP contribution in [0.4, 0.5) is 5.82 Å². The van der Waals surface area contributed by atoms with Crippen LogP contribution < -0.4 is 4.90 Å². The number of amides is 1. The number of aryl methyl sites for hydroxylation is 1. The summed E-state index contributed by atoms with van der Waals surface area (Å²) in [6.45, 7) is 1.83. The zero-order valence-corrected chi connectivity index (χ0v) is 11.0. The molecule has 6 heteroatoms. The second-order valence-corrected chi connectivity index (χ2v) is 4.25. The Hall–Kier alpha value is -2.11. The van der Waals surface area contributed by atoms with Gasteiger partial charge in [0.05, 0.1) is 17.8 Å². The van der Waals surface area contributed by atoms with E-state index in [1.54, 1.807) is 39.0 Å². The van der Waals surface area contributed by atoms with Crippen molar-refractivity contribution in [3.05, 3.63) is 23.4 Å². The van der Waals surface area contributed by atoms with Crippen molar-refractivity contribution in [2.45, 2.75) is 6.92 Å². The number of carboxylic acids is 1. The molecule has 0 aliphatic carbocycles. The topological polar surface area (TPSA) is 73.7 Å². The van der Waals surface area contributed by atoms with Gasteiger partial charge < -0.3 is 14.9 Å². The van der Waals surface area contributed by atoms with Crippen molar-refractivity contribution in [2.75, 3.05) is 32.6 Å². The highest BCUT2D eigenvalue weighted by Gasteiger charge is 2.13. The number of rotatable bonds is 4. The number of aromatic nitrogens is 1. The van der Waals surface area contributed by atoms with Gasteiger partial charge in [-0.25, -0.2) is 9.78 Å². The van der Waals surface area contributed by atoms with Gasteiger partial charge in [-0.3, -0.25) is 4.79 Å². The highest BCUT2D eigenvalue weighted by molar-refractivity contribution is 5.89. The minimum Gasteiger partial charge on any atom is -0.478 e. The monoisotopic (exact) mass is 251 g/mol. The fourth-order valence-electron chi connectivity index (χ4n) is 1.41. The van der Waals surface area contributed by atoms with Crippen molar-refractivity contribution in [3.8, 4) is 0 Å². The van der Waals surface area contributed by atoms with Gasteiger partial charge in [-0.15, -0.1) is 0 Å². The summed E-state index contributed by atoms with van der Waals surface area (Å²) in [6, 6.07) is 3.09. The van der Waals surface area contributed by atoms with E-state index in [1.165, 1.54) is 11.0 Å². The lowest BCUT2D eigenvalue weighted by atomic mass is 10.2. The van der Waals surface area contributed by atoms with Crippen LogP contribution >= 0.6 is 0 Å². The van der Waals surface area contributed by atoms with Crippen molar-refractivity contribution >= 4 is 17.7 Å². The van der Waals surface area contributed by atoms with Crippen LogP contribution in [0.1, 0.15) is 16.1 Å². The zero-order valence-electron chi connectivity index (χ0n) is 11.0. The molecule has 98 valence electrons. The molecular weight excluding hydrogens is 234 g/mol. The second kappa shape index (κ2) is 5.48. The van der Waals surface area contributed by atoms with Gasteiger partial charge in [-0.2, -0.15) is 0 Å². The fourth-order valence-corrected chi connectivity index (χ4v) is 1.41. The smallest absolute Gasteiger partial charge is 0.337 e. The SMILES string of the molecule is Cc1nc(N(C)CC(=O)N(C)C)ccc1C(=O)O. The summed E-state index contributed by atoms with van der Waals surface area (Å²) in [4.78, 5) is 29.8. The van der Waals surface area contributed by atoms with E-state index in [4.69, 9.17) is 5.11 Å². The number of nitrogens with zero attached hydrogens (tertiary/aromatic N) is 3. The number of carbonyl (C=O) groups is 2. The van der Waals surface area contributed by atoms with Gasteiger partial charge >= 0.3 is 5.97 Å².